The van der Waals surface area contributed by atoms with Crippen LogP contribution < -0.4 is 11.5 Å². The summed E-state index contributed by atoms with van der Waals surface area (Å²) < 4.78 is 12.9. The van der Waals surface area contributed by atoms with Crippen molar-refractivity contribution in [3.63, 3.8) is 0 Å². The molecule has 0 unspecified atom stereocenters. The van der Waals surface area contributed by atoms with Gasteiger partial charge in [0.15, 0.2) is 0 Å². The molecule has 14 heavy (non-hydrogen) atoms. The largest absolute Gasteiger partial charge is 0.507 e. The summed E-state index contributed by atoms with van der Waals surface area (Å²) in [5.74, 6) is -1.04. The Labute approximate surface area is 80.6 Å². The zero-order valence-electron chi connectivity index (χ0n) is 7.37. The lowest BCUT2D eigenvalue weighted by molar-refractivity contribution is 0.455. The number of hydrogen-bond donors (Lipinski definition) is 3. The van der Waals surface area contributed by atoms with Gasteiger partial charge in [-0.05, 0) is 6.07 Å². The highest BCUT2D eigenvalue weighted by molar-refractivity contribution is 5.44. The van der Waals surface area contributed by atoms with Gasteiger partial charge >= 0.3 is 0 Å². The Morgan fingerprint density at radius 2 is 2.21 bits per heavy atom. The van der Waals surface area contributed by atoms with E-state index in [0.29, 0.717) is 0 Å². The van der Waals surface area contributed by atoms with Crippen LogP contribution in [-0.2, 0) is 0 Å². The Morgan fingerprint density at radius 1 is 1.57 bits per heavy atom. The van der Waals surface area contributed by atoms with E-state index in [9.17, 15) is 9.50 Å². The van der Waals surface area contributed by atoms with Gasteiger partial charge in [0.1, 0.15) is 17.6 Å². The number of nitriles is 1. The average Bonchev–Trinajstić information content (AvgIpc) is 2.17. The molecule has 0 fully saturated rings. The Bertz CT molecular complexity index is 386. The Kier molecular flexibility index (Phi) is 3.02. The van der Waals surface area contributed by atoms with Crippen LogP contribution in [0.25, 0.3) is 0 Å². The quantitative estimate of drug-likeness (QED) is 0.634. The number of aromatic hydroxyl groups is 1. The van der Waals surface area contributed by atoms with Crippen LogP contribution in [0.3, 0.4) is 0 Å². The Hall–Kier alpha value is -1.64. The summed E-state index contributed by atoms with van der Waals surface area (Å²) in [5.41, 5.74) is 11.0. The smallest absolute Gasteiger partial charge is 0.144 e. The molecule has 0 heterocycles. The van der Waals surface area contributed by atoms with Crippen LogP contribution in [0.4, 0.5) is 4.39 Å². The van der Waals surface area contributed by atoms with Gasteiger partial charge in [-0.25, -0.2) is 4.39 Å². The van der Waals surface area contributed by atoms with E-state index >= 15 is 0 Å². The fraction of sp³-hybridized carbons (Fsp3) is 0.222. The van der Waals surface area contributed by atoms with Crippen LogP contribution in [0.2, 0.25) is 0 Å². The lowest BCUT2D eigenvalue weighted by Gasteiger charge is -2.11. The molecule has 0 aliphatic heterocycles. The minimum Gasteiger partial charge on any atom is -0.507 e. The van der Waals surface area contributed by atoms with Crippen LogP contribution in [0.15, 0.2) is 12.1 Å². The molecule has 0 saturated carbocycles. The van der Waals surface area contributed by atoms with Crippen LogP contribution in [-0.4, -0.2) is 11.7 Å². The maximum absolute atomic E-state index is 12.9. The molecular weight excluding hydrogens is 185 g/mol. The highest BCUT2D eigenvalue weighted by Crippen LogP contribution is 2.25. The van der Waals surface area contributed by atoms with Crippen molar-refractivity contribution in [2.75, 3.05) is 6.54 Å². The molecule has 0 aliphatic rings. The number of nitrogens with two attached hydrogens (primary N) is 2. The fourth-order valence-electron chi connectivity index (χ4n) is 1.09. The lowest BCUT2D eigenvalue weighted by Crippen LogP contribution is -2.21. The van der Waals surface area contributed by atoms with Crippen LogP contribution >= 0.6 is 0 Å². The minimum atomic E-state index is -0.766. The molecule has 1 atom stereocenters. The molecule has 0 saturated heterocycles. The third-order valence-electron chi connectivity index (χ3n) is 1.89. The standard InChI is InChI=1S/C9H10FN3O/c10-7-2-9(14)6(8(13)4-12)1-5(7)3-11/h1-2,8,14H,4,12-13H2/t8-/m1/s1. The highest BCUT2D eigenvalue weighted by Gasteiger charge is 2.13. The molecular formula is C9H10FN3O. The summed E-state index contributed by atoms with van der Waals surface area (Å²) >= 11 is 0. The van der Waals surface area contributed by atoms with E-state index in [1.54, 1.807) is 6.07 Å². The topological polar surface area (TPSA) is 96.1 Å². The van der Waals surface area contributed by atoms with Crippen molar-refractivity contribution in [2.24, 2.45) is 11.5 Å². The molecule has 1 aromatic carbocycles. The first-order valence-electron chi connectivity index (χ1n) is 3.98. The van der Waals surface area contributed by atoms with Crippen molar-refractivity contribution in [3.05, 3.63) is 29.1 Å². The van der Waals surface area contributed by atoms with Gasteiger partial charge in [0.05, 0.1) is 5.56 Å². The monoisotopic (exact) mass is 195 g/mol. The van der Waals surface area contributed by atoms with E-state index in [1.165, 1.54) is 6.07 Å². The van der Waals surface area contributed by atoms with Crippen molar-refractivity contribution >= 4 is 0 Å². The number of halogens is 1. The Morgan fingerprint density at radius 3 is 2.71 bits per heavy atom. The highest BCUT2D eigenvalue weighted by atomic mass is 19.1. The summed E-state index contributed by atoms with van der Waals surface area (Å²) in [6.45, 7) is 0.115. The number of rotatable bonds is 2. The molecule has 0 radical (unpaired) electrons. The number of phenolic OH excluding ortho intramolecular Hbond substituents is 1. The first-order chi connectivity index (χ1) is 6.60. The molecule has 0 aromatic heterocycles. The number of hydrogen-bond acceptors (Lipinski definition) is 4. The van der Waals surface area contributed by atoms with Gasteiger partial charge in [0.25, 0.3) is 0 Å². The third kappa shape index (κ3) is 1.82. The van der Waals surface area contributed by atoms with Crippen molar-refractivity contribution < 1.29 is 9.50 Å². The normalized spacial score (nSPS) is 12.1. The predicted octanol–water partition coefficient (Wildman–Crippen LogP) is 0.361. The molecule has 4 nitrogen and oxygen atoms in total. The second kappa shape index (κ2) is 4.05. The van der Waals surface area contributed by atoms with Gasteiger partial charge in [-0.3, -0.25) is 0 Å². The van der Waals surface area contributed by atoms with Gasteiger partial charge in [-0.1, -0.05) is 0 Å². The van der Waals surface area contributed by atoms with E-state index in [-0.39, 0.29) is 23.4 Å². The first-order valence-corrected chi connectivity index (χ1v) is 3.98. The summed E-state index contributed by atoms with van der Waals surface area (Å²) in [6, 6.07) is 3.14. The van der Waals surface area contributed by atoms with Gasteiger partial charge in [0.2, 0.25) is 0 Å². The third-order valence-corrected chi connectivity index (χ3v) is 1.89. The summed E-state index contributed by atoms with van der Waals surface area (Å²) in [4.78, 5) is 0. The minimum absolute atomic E-state index is 0.115. The van der Waals surface area contributed by atoms with E-state index in [4.69, 9.17) is 16.7 Å². The summed E-state index contributed by atoms with van der Waals surface area (Å²) in [5, 5.41) is 17.9. The number of phenols is 1. The van der Waals surface area contributed by atoms with E-state index < -0.39 is 11.9 Å². The molecule has 1 rings (SSSR count). The molecule has 1 aromatic rings. The molecule has 5 heteroatoms. The molecule has 5 N–H and O–H groups in total. The first kappa shape index (κ1) is 10.4. The molecule has 0 amide bonds. The van der Waals surface area contributed by atoms with Crippen molar-refractivity contribution in [2.45, 2.75) is 6.04 Å². The maximum atomic E-state index is 12.9. The van der Waals surface area contributed by atoms with E-state index in [0.717, 1.165) is 6.07 Å². The molecule has 0 aliphatic carbocycles. The van der Waals surface area contributed by atoms with Crippen molar-refractivity contribution in [1.29, 1.82) is 5.26 Å². The number of nitrogens with zero attached hydrogens (tertiary/aromatic N) is 1. The zero-order chi connectivity index (χ0) is 10.7. The second-order valence-corrected chi connectivity index (χ2v) is 2.84. The van der Waals surface area contributed by atoms with Crippen LogP contribution in [0, 0.1) is 17.1 Å². The maximum Gasteiger partial charge on any atom is 0.144 e. The van der Waals surface area contributed by atoms with Gasteiger partial charge in [0, 0.05) is 24.2 Å². The molecule has 74 valence electrons. The van der Waals surface area contributed by atoms with Crippen LogP contribution in [0.5, 0.6) is 5.75 Å². The molecule has 0 bridgehead atoms. The average molecular weight is 195 g/mol. The van der Waals surface area contributed by atoms with E-state index in [1.807, 2.05) is 0 Å². The van der Waals surface area contributed by atoms with Gasteiger partial charge in [-0.15, -0.1) is 0 Å². The van der Waals surface area contributed by atoms with Crippen molar-refractivity contribution in [3.8, 4) is 11.8 Å². The zero-order valence-corrected chi connectivity index (χ0v) is 7.37. The fourth-order valence-corrected chi connectivity index (χ4v) is 1.09. The second-order valence-electron chi connectivity index (χ2n) is 2.84. The predicted molar refractivity (Wildman–Crippen MR) is 48.8 cm³/mol. The van der Waals surface area contributed by atoms with Gasteiger partial charge in [-0.2, -0.15) is 5.26 Å². The number of benzene rings is 1. The van der Waals surface area contributed by atoms with E-state index in [2.05, 4.69) is 0 Å². The SMILES string of the molecule is N#Cc1cc([C@H](N)CN)c(O)cc1F. The summed E-state index contributed by atoms with van der Waals surface area (Å²) in [6.07, 6.45) is 0. The van der Waals surface area contributed by atoms with Crippen molar-refractivity contribution in [1.82, 2.24) is 0 Å². The molecule has 0 spiro atoms. The Balaban J connectivity index is 3.26. The summed E-state index contributed by atoms with van der Waals surface area (Å²) in [7, 11) is 0. The lowest BCUT2D eigenvalue weighted by atomic mass is 10.0. The van der Waals surface area contributed by atoms with Gasteiger partial charge < -0.3 is 16.6 Å². The van der Waals surface area contributed by atoms with Crippen LogP contribution in [0.1, 0.15) is 17.2 Å².